The van der Waals surface area contributed by atoms with Crippen molar-refractivity contribution in [1.82, 2.24) is 20.0 Å². The topological polar surface area (TPSA) is 69.3 Å². The third-order valence-corrected chi connectivity index (χ3v) is 5.03. The van der Waals surface area contributed by atoms with Crippen LogP contribution in [0, 0.1) is 11.8 Å². The van der Waals surface area contributed by atoms with Crippen LogP contribution >= 0.6 is 11.6 Å². The van der Waals surface area contributed by atoms with Gasteiger partial charge in [-0.25, -0.2) is 0 Å². The van der Waals surface area contributed by atoms with Crippen molar-refractivity contribution < 1.29 is 9.59 Å². The number of H-pyrrole nitrogens is 1. The highest BCUT2D eigenvalue weighted by Gasteiger charge is 2.37. The van der Waals surface area contributed by atoms with E-state index in [9.17, 15) is 9.59 Å². The van der Waals surface area contributed by atoms with Crippen molar-refractivity contribution in [2.75, 3.05) is 19.6 Å². The van der Waals surface area contributed by atoms with Gasteiger partial charge in [0.25, 0.3) is 5.91 Å². The Labute approximate surface area is 141 Å². The van der Waals surface area contributed by atoms with Crippen LogP contribution in [0.25, 0.3) is 0 Å². The Morgan fingerprint density at radius 2 is 2.22 bits per heavy atom. The first kappa shape index (κ1) is 16.3. The predicted molar refractivity (Wildman–Crippen MR) is 87.2 cm³/mol. The van der Waals surface area contributed by atoms with Crippen molar-refractivity contribution >= 4 is 23.4 Å². The van der Waals surface area contributed by atoms with Crippen LogP contribution in [-0.4, -0.2) is 57.5 Å². The zero-order valence-electron chi connectivity index (χ0n) is 13.6. The zero-order valence-corrected chi connectivity index (χ0v) is 14.3. The van der Waals surface area contributed by atoms with Crippen LogP contribution in [0.15, 0.2) is 6.20 Å². The maximum atomic E-state index is 12.7. The van der Waals surface area contributed by atoms with Gasteiger partial charge in [-0.3, -0.25) is 14.7 Å². The highest BCUT2D eigenvalue weighted by molar-refractivity contribution is 6.33. The smallest absolute Gasteiger partial charge is 0.273 e. The van der Waals surface area contributed by atoms with Crippen LogP contribution in [0.5, 0.6) is 0 Å². The Morgan fingerprint density at radius 1 is 1.48 bits per heavy atom. The summed E-state index contributed by atoms with van der Waals surface area (Å²) in [6.07, 6.45) is 4.21. The molecule has 23 heavy (non-hydrogen) atoms. The lowest BCUT2D eigenvalue weighted by molar-refractivity contribution is -0.133. The molecule has 2 heterocycles. The normalized spacial score (nSPS) is 22.6. The van der Waals surface area contributed by atoms with E-state index in [1.165, 1.54) is 19.0 Å². The molecule has 1 aromatic rings. The Kier molecular flexibility index (Phi) is 4.62. The van der Waals surface area contributed by atoms with E-state index in [0.29, 0.717) is 42.1 Å². The van der Waals surface area contributed by atoms with E-state index < -0.39 is 0 Å². The molecular weight excluding hydrogens is 316 g/mol. The summed E-state index contributed by atoms with van der Waals surface area (Å²) in [5.41, 5.74) is 0.303. The molecule has 1 aliphatic heterocycles. The molecule has 0 spiro atoms. The van der Waals surface area contributed by atoms with Crippen LogP contribution in [-0.2, 0) is 4.79 Å². The number of nitrogens with one attached hydrogen (secondary N) is 1. The molecule has 1 atom stereocenters. The van der Waals surface area contributed by atoms with Crippen molar-refractivity contribution in [3.8, 4) is 0 Å². The summed E-state index contributed by atoms with van der Waals surface area (Å²) in [7, 11) is 0. The van der Waals surface area contributed by atoms with Gasteiger partial charge in [-0.05, 0) is 24.7 Å². The summed E-state index contributed by atoms with van der Waals surface area (Å²) in [5, 5.41) is 6.79. The van der Waals surface area contributed by atoms with Crippen LogP contribution in [0.4, 0.5) is 0 Å². The standard InChI is InChI=1S/C16H23ClN4O2/c1-10(2)13-9-20(16(23)15-12(17)7-18-19-15)6-5-14(22)21(13)8-11-3-4-11/h7,10-11,13H,3-6,8-9H2,1-2H3,(H,18,19). The number of amides is 2. The number of carbonyl (C=O) groups is 2. The number of hydrogen-bond acceptors (Lipinski definition) is 3. The van der Waals surface area contributed by atoms with E-state index >= 15 is 0 Å². The average Bonchev–Trinajstić information content (AvgIpc) is 3.25. The van der Waals surface area contributed by atoms with Crippen LogP contribution in [0.3, 0.4) is 0 Å². The third-order valence-electron chi connectivity index (χ3n) is 4.74. The number of carbonyl (C=O) groups excluding carboxylic acids is 2. The minimum atomic E-state index is -0.181. The number of nitrogens with zero attached hydrogens (tertiary/aromatic N) is 3. The zero-order chi connectivity index (χ0) is 16.6. The van der Waals surface area contributed by atoms with Crippen LogP contribution < -0.4 is 0 Å². The van der Waals surface area contributed by atoms with Crippen molar-refractivity contribution in [3.63, 3.8) is 0 Å². The molecule has 126 valence electrons. The molecule has 6 nitrogen and oxygen atoms in total. The minimum Gasteiger partial charge on any atom is -0.337 e. The molecule has 0 radical (unpaired) electrons. The van der Waals surface area contributed by atoms with Gasteiger partial charge in [0, 0.05) is 26.1 Å². The summed E-state index contributed by atoms with van der Waals surface area (Å²) in [4.78, 5) is 29.0. The second-order valence-corrected chi connectivity index (χ2v) is 7.30. The third kappa shape index (κ3) is 3.52. The van der Waals surface area contributed by atoms with E-state index in [-0.39, 0.29) is 17.9 Å². The minimum absolute atomic E-state index is 0.0521. The lowest BCUT2D eigenvalue weighted by Crippen LogP contribution is -2.48. The van der Waals surface area contributed by atoms with E-state index in [1.54, 1.807) is 4.90 Å². The molecule has 1 aliphatic carbocycles. The van der Waals surface area contributed by atoms with Gasteiger partial charge in [0.15, 0.2) is 0 Å². The van der Waals surface area contributed by atoms with Crippen molar-refractivity contribution in [2.24, 2.45) is 11.8 Å². The molecule has 0 aromatic carbocycles. The van der Waals surface area contributed by atoms with Gasteiger partial charge in [0.1, 0.15) is 5.69 Å². The van der Waals surface area contributed by atoms with Gasteiger partial charge in [0.05, 0.1) is 17.3 Å². The Balaban J connectivity index is 1.80. The summed E-state index contributed by atoms with van der Waals surface area (Å²) >= 11 is 6.01. The number of hydrogen-bond donors (Lipinski definition) is 1. The first-order valence-corrected chi connectivity index (χ1v) is 8.62. The molecule has 2 fully saturated rings. The van der Waals surface area contributed by atoms with E-state index in [2.05, 4.69) is 24.0 Å². The quantitative estimate of drug-likeness (QED) is 0.914. The molecule has 1 saturated carbocycles. The molecule has 3 rings (SSSR count). The Hall–Kier alpha value is -1.56. The average molecular weight is 339 g/mol. The molecule has 1 unspecified atom stereocenters. The van der Waals surface area contributed by atoms with E-state index in [0.717, 1.165) is 6.54 Å². The van der Waals surface area contributed by atoms with E-state index in [4.69, 9.17) is 11.6 Å². The molecule has 1 N–H and O–H groups in total. The highest BCUT2D eigenvalue weighted by atomic mass is 35.5. The maximum Gasteiger partial charge on any atom is 0.273 e. The molecule has 2 amide bonds. The number of aromatic nitrogens is 2. The summed E-state index contributed by atoms with van der Waals surface area (Å²) in [6, 6.07) is 0.0521. The fourth-order valence-corrected chi connectivity index (χ4v) is 3.30. The number of aromatic amines is 1. The van der Waals surface area contributed by atoms with Gasteiger partial charge in [-0.1, -0.05) is 25.4 Å². The van der Waals surface area contributed by atoms with Crippen LogP contribution in [0.1, 0.15) is 43.6 Å². The Morgan fingerprint density at radius 3 is 2.78 bits per heavy atom. The Bertz CT molecular complexity index is 597. The largest absolute Gasteiger partial charge is 0.337 e. The first-order chi connectivity index (χ1) is 11.0. The lowest BCUT2D eigenvalue weighted by Gasteiger charge is -2.34. The molecule has 1 aromatic heterocycles. The molecular formula is C16H23ClN4O2. The summed E-state index contributed by atoms with van der Waals surface area (Å²) < 4.78 is 0. The molecule has 7 heteroatoms. The van der Waals surface area contributed by atoms with Crippen molar-refractivity contribution in [3.05, 3.63) is 16.9 Å². The van der Waals surface area contributed by atoms with Gasteiger partial charge in [0.2, 0.25) is 5.91 Å². The second-order valence-electron chi connectivity index (χ2n) is 6.89. The van der Waals surface area contributed by atoms with Gasteiger partial charge in [-0.2, -0.15) is 5.10 Å². The van der Waals surface area contributed by atoms with Crippen molar-refractivity contribution in [1.29, 1.82) is 0 Å². The maximum absolute atomic E-state index is 12.7. The lowest BCUT2D eigenvalue weighted by atomic mass is 10.0. The van der Waals surface area contributed by atoms with Gasteiger partial charge >= 0.3 is 0 Å². The summed E-state index contributed by atoms with van der Waals surface area (Å²) in [5.74, 6) is 0.911. The predicted octanol–water partition coefficient (Wildman–Crippen LogP) is 2.17. The molecule has 0 bridgehead atoms. The molecule has 2 aliphatic rings. The fraction of sp³-hybridized carbons (Fsp3) is 0.688. The van der Waals surface area contributed by atoms with E-state index in [1.807, 2.05) is 4.90 Å². The second kappa shape index (κ2) is 6.51. The van der Waals surface area contributed by atoms with Crippen LogP contribution in [0.2, 0.25) is 5.02 Å². The summed E-state index contributed by atoms with van der Waals surface area (Å²) in [6.45, 7) is 6.01. The first-order valence-electron chi connectivity index (χ1n) is 8.25. The van der Waals surface area contributed by atoms with Gasteiger partial charge < -0.3 is 9.80 Å². The number of halogens is 1. The monoisotopic (exact) mass is 338 g/mol. The fourth-order valence-electron chi connectivity index (χ4n) is 3.13. The molecule has 1 saturated heterocycles. The highest BCUT2D eigenvalue weighted by Crippen LogP contribution is 2.32. The SMILES string of the molecule is CC(C)C1CN(C(=O)c2[nH]ncc2Cl)CCC(=O)N1CC1CC1. The van der Waals surface area contributed by atoms with Crippen molar-refractivity contribution in [2.45, 2.75) is 39.2 Å². The van der Waals surface area contributed by atoms with Gasteiger partial charge in [-0.15, -0.1) is 0 Å². The number of rotatable bonds is 4.